The average molecular weight is 265 g/mol. The Morgan fingerprint density at radius 3 is 2.56 bits per heavy atom. The molecule has 0 radical (unpaired) electrons. The molecule has 0 aromatic heterocycles. The van der Waals surface area contributed by atoms with Crippen molar-refractivity contribution in [3.05, 3.63) is 35.6 Å². The number of nitrogens with one attached hydrogen (secondary N) is 1. The van der Waals surface area contributed by atoms with E-state index in [-0.39, 0.29) is 5.82 Å². The molecule has 1 heterocycles. The minimum absolute atomic E-state index is 0.132. The molecule has 1 saturated carbocycles. The van der Waals surface area contributed by atoms with Gasteiger partial charge in [-0.2, -0.15) is 11.8 Å². The third-order valence-corrected chi connectivity index (χ3v) is 5.33. The van der Waals surface area contributed by atoms with Crippen molar-refractivity contribution in [1.82, 2.24) is 5.32 Å². The summed E-state index contributed by atoms with van der Waals surface area (Å²) < 4.78 is 12.8. The molecule has 3 rings (SSSR count). The van der Waals surface area contributed by atoms with Crippen LogP contribution in [0.3, 0.4) is 0 Å². The number of benzene rings is 1. The summed E-state index contributed by atoms with van der Waals surface area (Å²) in [4.78, 5) is 0. The topological polar surface area (TPSA) is 12.0 Å². The minimum atomic E-state index is -0.132. The zero-order valence-electron chi connectivity index (χ0n) is 10.6. The van der Waals surface area contributed by atoms with Crippen LogP contribution in [0.25, 0.3) is 0 Å². The van der Waals surface area contributed by atoms with E-state index < -0.39 is 0 Å². The van der Waals surface area contributed by atoms with Gasteiger partial charge in [-0.25, -0.2) is 4.39 Å². The van der Waals surface area contributed by atoms with E-state index in [2.05, 4.69) is 17.1 Å². The number of hydrogen-bond donors (Lipinski definition) is 1. The van der Waals surface area contributed by atoms with Gasteiger partial charge in [0, 0.05) is 17.8 Å². The Balaban J connectivity index is 1.46. The molecule has 1 aliphatic heterocycles. The molecule has 1 aromatic carbocycles. The number of thioether (sulfide) groups is 1. The SMILES string of the molecule is Fc1ccc(C2CC(NC3CCCSC3)C2)cc1. The zero-order valence-corrected chi connectivity index (χ0v) is 11.4. The van der Waals surface area contributed by atoms with Gasteiger partial charge in [0.05, 0.1) is 0 Å². The second-order valence-electron chi connectivity index (χ2n) is 5.50. The van der Waals surface area contributed by atoms with E-state index in [1.54, 1.807) is 12.1 Å². The Bertz CT molecular complexity index is 380. The molecule has 1 unspecified atom stereocenters. The van der Waals surface area contributed by atoms with Gasteiger partial charge in [0.25, 0.3) is 0 Å². The summed E-state index contributed by atoms with van der Waals surface area (Å²) >= 11 is 2.07. The molecule has 18 heavy (non-hydrogen) atoms. The fraction of sp³-hybridized carbons (Fsp3) is 0.600. The Morgan fingerprint density at radius 2 is 1.89 bits per heavy atom. The van der Waals surface area contributed by atoms with E-state index in [4.69, 9.17) is 0 Å². The van der Waals surface area contributed by atoms with Crippen molar-refractivity contribution in [2.45, 2.75) is 43.7 Å². The van der Waals surface area contributed by atoms with Crippen molar-refractivity contribution in [2.75, 3.05) is 11.5 Å². The van der Waals surface area contributed by atoms with Crippen molar-refractivity contribution >= 4 is 11.8 Å². The maximum atomic E-state index is 12.8. The van der Waals surface area contributed by atoms with Crippen molar-refractivity contribution in [3.8, 4) is 0 Å². The van der Waals surface area contributed by atoms with E-state index >= 15 is 0 Å². The molecule has 1 atom stereocenters. The minimum Gasteiger partial charge on any atom is -0.310 e. The molecule has 3 heteroatoms. The standard InChI is InChI=1S/C15H20FNS/c16-13-5-3-11(4-6-13)12-8-15(9-12)17-14-2-1-7-18-10-14/h3-6,12,14-15,17H,1-2,7-10H2. The summed E-state index contributed by atoms with van der Waals surface area (Å²) in [5.74, 6) is 3.12. The highest BCUT2D eigenvalue weighted by Crippen LogP contribution is 2.37. The van der Waals surface area contributed by atoms with Gasteiger partial charge in [-0.3, -0.25) is 0 Å². The maximum Gasteiger partial charge on any atom is 0.123 e. The molecule has 1 aromatic rings. The summed E-state index contributed by atoms with van der Waals surface area (Å²) in [7, 11) is 0. The third-order valence-electron chi connectivity index (χ3n) is 4.11. The van der Waals surface area contributed by atoms with Crippen LogP contribution in [0.5, 0.6) is 0 Å². The van der Waals surface area contributed by atoms with Crippen LogP contribution in [0.4, 0.5) is 4.39 Å². The first-order valence-electron chi connectivity index (χ1n) is 6.90. The molecule has 2 fully saturated rings. The van der Waals surface area contributed by atoms with E-state index in [9.17, 15) is 4.39 Å². The summed E-state index contributed by atoms with van der Waals surface area (Å²) in [5.41, 5.74) is 1.30. The second kappa shape index (κ2) is 5.62. The van der Waals surface area contributed by atoms with Crippen molar-refractivity contribution in [3.63, 3.8) is 0 Å². The molecule has 0 amide bonds. The van der Waals surface area contributed by atoms with Crippen molar-refractivity contribution in [2.24, 2.45) is 0 Å². The fourth-order valence-electron chi connectivity index (χ4n) is 2.97. The number of hydrogen-bond acceptors (Lipinski definition) is 2. The molecule has 98 valence electrons. The van der Waals surface area contributed by atoms with Gasteiger partial charge in [0.15, 0.2) is 0 Å². The van der Waals surface area contributed by atoms with Crippen LogP contribution < -0.4 is 5.32 Å². The Morgan fingerprint density at radius 1 is 1.11 bits per heavy atom. The summed E-state index contributed by atoms with van der Waals surface area (Å²) in [6.07, 6.45) is 5.13. The van der Waals surface area contributed by atoms with Crippen LogP contribution in [0.2, 0.25) is 0 Å². The van der Waals surface area contributed by atoms with Gasteiger partial charge in [-0.15, -0.1) is 0 Å². The van der Waals surface area contributed by atoms with Crippen molar-refractivity contribution < 1.29 is 4.39 Å². The third kappa shape index (κ3) is 2.89. The predicted molar refractivity (Wildman–Crippen MR) is 75.6 cm³/mol. The molecule has 0 bridgehead atoms. The summed E-state index contributed by atoms with van der Waals surface area (Å²) in [6, 6.07) is 8.44. The fourth-order valence-corrected chi connectivity index (χ4v) is 4.05. The Kier molecular flexibility index (Phi) is 3.90. The molecule has 1 N–H and O–H groups in total. The van der Waals surface area contributed by atoms with Gasteiger partial charge in [0.1, 0.15) is 5.82 Å². The maximum absolute atomic E-state index is 12.8. The molecular weight excluding hydrogens is 245 g/mol. The highest BCUT2D eigenvalue weighted by Gasteiger charge is 2.31. The molecule has 0 spiro atoms. The van der Waals surface area contributed by atoms with Crippen LogP contribution in [-0.2, 0) is 0 Å². The first-order valence-corrected chi connectivity index (χ1v) is 8.06. The van der Waals surface area contributed by atoms with Crippen LogP contribution >= 0.6 is 11.8 Å². The van der Waals surface area contributed by atoms with E-state index in [1.807, 2.05) is 12.1 Å². The number of rotatable bonds is 3. The molecule has 1 nitrogen and oxygen atoms in total. The second-order valence-corrected chi connectivity index (χ2v) is 6.65. The molecule has 2 aliphatic rings. The highest BCUT2D eigenvalue weighted by molar-refractivity contribution is 7.99. The zero-order chi connectivity index (χ0) is 12.4. The van der Waals surface area contributed by atoms with Gasteiger partial charge in [-0.05, 0) is 55.1 Å². The van der Waals surface area contributed by atoms with Crippen LogP contribution in [0.15, 0.2) is 24.3 Å². The monoisotopic (exact) mass is 265 g/mol. The molecular formula is C15H20FNS. The highest BCUT2D eigenvalue weighted by atomic mass is 32.2. The first kappa shape index (κ1) is 12.5. The molecule has 1 saturated heterocycles. The van der Waals surface area contributed by atoms with Crippen LogP contribution in [0.1, 0.15) is 37.2 Å². The van der Waals surface area contributed by atoms with Crippen molar-refractivity contribution in [1.29, 1.82) is 0 Å². The largest absolute Gasteiger partial charge is 0.310 e. The van der Waals surface area contributed by atoms with E-state index in [0.29, 0.717) is 12.0 Å². The lowest BCUT2D eigenvalue weighted by molar-refractivity contribution is 0.265. The summed E-state index contributed by atoms with van der Waals surface area (Å²) in [6.45, 7) is 0. The van der Waals surface area contributed by atoms with Gasteiger partial charge in [0.2, 0.25) is 0 Å². The van der Waals surface area contributed by atoms with E-state index in [0.717, 1.165) is 6.04 Å². The normalized spacial score (nSPS) is 31.9. The number of halogens is 1. The van der Waals surface area contributed by atoms with Crippen LogP contribution in [-0.4, -0.2) is 23.6 Å². The lowest BCUT2D eigenvalue weighted by atomic mass is 9.75. The lowest BCUT2D eigenvalue weighted by Crippen LogP contribution is -2.47. The van der Waals surface area contributed by atoms with Gasteiger partial charge < -0.3 is 5.32 Å². The van der Waals surface area contributed by atoms with E-state index in [1.165, 1.54) is 42.8 Å². The smallest absolute Gasteiger partial charge is 0.123 e. The molecule has 1 aliphatic carbocycles. The van der Waals surface area contributed by atoms with Crippen LogP contribution in [0, 0.1) is 5.82 Å². The Labute approximate surface area is 113 Å². The van der Waals surface area contributed by atoms with Gasteiger partial charge in [-0.1, -0.05) is 12.1 Å². The average Bonchev–Trinajstić information content (AvgIpc) is 2.36. The Hall–Kier alpha value is -0.540. The van der Waals surface area contributed by atoms with Gasteiger partial charge >= 0.3 is 0 Å². The quantitative estimate of drug-likeness (QED) is 0.897. The summed E-state index contributed by atoms with van der Waals surface area (Å²) in [5, 5.41) is 3.77. The lowest BCUT2D eigenvalue weighted by Gasteiger charge is -2.39. The first-order chi connectivity index (χ1) is 8.81. The predicted octanol–water partition coefficient (Wildman–Crippen LogP) is 3.56.